The molecule has 0 unspecified atom stereocenters. The Kier molecular flexibility index (Phi) is 4.78. The third-order valence-electron chi connectivity index (χ3n) is 5.64. The normalized spacial score (nSPS) is 11.2. The van der Waals surface area contributed by atoms with E-state index in [-0.39, 0.29) is 5.88 Å². The Hall–Kier alpha value is -4.26. The Morgan fingerprint density at radius 3 is 2.69 bits per heavy atom. The standard InChI is InChI=1S/C25H22N4O3/c1-31-16-6-3-5-15(11-16)13-29-14-20-22(25(29)30)23(26)18-8-4-7-17(24(18)28-20)19-12-27-10-9-21(19)32-2/h3-12,14,30H,13,26H2,1-2H3. The zero-order valence-electron chi connectivity index (χ0n) is 17.7. The van der Waals surface area contributed by atoms with E-state index in [4.69, 9.17) is 20.2 Å². The number of rotatable bonds is 5. The summed E-state index contributed by atoms with van der Waals surface area (Å²) in [7, 11) is 3.26. The lowest BCUT2D eigenvalue weighted by atomic mass is 10.0. The number of hydrogen-bond acceptors (Lipinski definition) is 6. The first kappa shape index (κ1) is 19.7. The molecule has 3 aromatic heterocycles. The minimum absolute atomic E-state index is 0.0825. The van der Waals surface area contributed by atoms with Crippen molar-refractivity contribution in [3.8, 4) is 28.5 Å². The molecule has 32 heavy (non-hydrogen) atoms. The van der Waals surface area contributed by atoms with Crippen LogP contribution in [-0.2, 0) is 6.54 Å². The summed E-state index contributed by atoms with van der Waals surface area (Å²) >= 11 is 0. The van der Waals surface area contributed by atoms with Crippen LogP contribution in [-0.4, -0.2) is 33.9 Å². The molecule has 0 spiro atoms. The molecule has 5 rings (SSSR count). The summed E-state index contributed by atoms with van der Waals surface area (Å²) in [6.07, 6.45) is 5.25. The van der Waals surface area contributed by atoms with Gasteiger partial charge in [-0.1, -0.05) is 30.3 Å². The number of anilines is 1. The molecule has 0 amide bonds. The molecule has 0 aliphatic carbocycles. The zero-order chi connectivity index (χ0) is 22.2. The Balaban J connectivity index is 1.70. The second kappa shape index (κ2) is 7.77. The number of nitrogen functional groups attached to an aromatic ring is 1. The van der Waals surface area contributed by atoms with E-state index in [1.54, 1.807) is 31.2 Å². The van der Waals surface area contributed by atoms with Crippen LogP contribution in [0.15, 0.2) is 67.1 Å². The predicted octanol–water partition coefficient (Wildman–Crippen LogP) is 4.60. The highest BCUT2D eigenvalue weighted by Gasteiger charge is 2.19. The van der Waals surface area contributed by atoms with Gasteiger partial charge in [-0.15, -0.1) is 0 Å². The van der Waals surface area contributed by atoms with E-state index >= 15 is 0 Å². The topological polar surface area (TPSA) is 95.4 Å². The van der Waals surface area contributed by atoms with E-state index < -0.39 is 0 Å². The van der Waals surface area contributed by atoms with Crippen LogP contribution in [0.25, 0.3) is 32.9 Å². The number of ether oxygens (including phenoxy) is 2. The highest BCUT2D eigenvalue weighted by Crippen LogP contribution is 2.40. The number of benzene rings is 2. The van der Waals surface area contributed by atoms with Crippen LogP contribution < -0.4 is 15.2 Å². The molecule has 0 fully saturated rings. The van der Waals surface area contributed by atoms with Gasteiger partial charge in [0.25, 0.3) is 0 Å². The van der Waals surface area contributed by atoms with Crippen molar-refractivity contribution < 1.29 is 14.6 Å². The van der Waals surface area contributed by atoms with E-state index in [0.29, 0.717) is 28.9 Å². The molecule has 7 heteroatoms. The van der Waals surface area contributed by atoms with Gasteiger partial charge in [-0.25, -0.2) is 4.98 Å². The van der Waals surface area contributed by atoms with Crippen LogP contribution in [0.3, 0.4) is 0 Å². The molecule has 7 nitrogen and oxygen atoms in total. The lowest BCUT2D eigenvalue weighted by molar-refractivity contribution is 0.413. The van der Waals surface area contributed by atoms with Gasteiger partial charge in [0.2, 0.25) is 5.88 Å². The maximum Gasteiger partial charge on any atom is 0.203 e. The first-order chi connectivity index (χ1) is 15.6. The maximum atomic E-state index is 11.0. The van der Waals surface area contributed by atoms with Crippen molar-refractivity contribution in [1.82, 2.24) is 14.5 Å². The zero-order valence-corrected chi connectivity index (χ0v) is 17.7. The van der Waals surface area contributed by atoms with Crippen LogP contribution >= 0.6 is 0 Å². The van der Waals surface area contributed by atoms with Gasteiger partial charge < -0.3 is 24.9 Å². The van der Waals surface area contributed by atoms with Crippen molar-refractivity contribution in [3.05, 3.63) is 72.7 Å². The molecular formula is C25H22N4O3. The van der Waals surface area contributed by atoms with Crippen LogP contribution in [0.4, 0.5) is 5.69 Å². The van der Waals surface area contributed by atoms with Crippen molar-refractivity contribution >= 4 is 27.5 Å². The molecule has 160 valence electrons. The molecule has 3 heterocycles. The van der Waals surface area contributed by atoms with Crippen LogP contribution in [0, 0.1) is 0 Å². The molecule has 5 aromatic rings. The van der Waals surface area contributed by atoms with E-state index in [0.717, 1.165) is 33.3 Å². The number of fused-ring (bicyclic) bond motifs is 2. The lowest BCUT2D eigenvalue weighted by Crippen LogP contribution is -1.97. The van der Waals surface area contributed by atoms with E-state index in [1.807, 2.05) is 54.7 Å². The Labute approximate surface area is 184 Å². The molecule has 0 saturated heterocycles. The van der Waals surface area contributed by atoms with Crippen LogP contribution in [0.1, 0.15) is 5.56 Å². The number of methoxy groups -OCH3 is 2. The van der Waals surface area contributed by atoms with Gasteiger partial charge in [0.1, 0.15) is 11.5 Å². The first-order valence-corrected chi connectivity index (χ1v) is 10.1. The molecule has 0 atom stereocenters. The highest BCUT2D eigenvalue weighted by molar-refractivity contribution is 6.12. The molecule has 0 aliphatic heterocycles. The van der Waals surface area contributed by atoms with Gasteiger partial charge in [-0.3, -0.25) is 4.98 Å². The number of aromatic nitrogens is 3. The summed E-state index contributed by atoms with van der Waals surface area (Å²) in [6, 6.07) is 15.3. The van der Waals surface area contributed by atoms with Gasteiger partial charge in [0.05, 0.1) is 42.9 Å². The summed E-state index contributed by atoms with van der Waals surface area (Å²) < 4.78 is 12.6. The minimum Gasteiger partial charge on any atom is -0.497 e. The fourth-order valence-electron chi connectivity index (χ4n) is 4.08. The third-order valence-corrected chi connectivity index (χ3v) is 5.64. The Bertz CT molecular complexity index is 1460. The summed E-state index contributed by atoms with van der Waals surface area (Å²) in [6.45, 7) is 0.457. The minimum atomic E-state index is 0.0825. The number of para-hydroxylation sites is 1. The van der Waals surface area contributed by atoms with E-state index in [9.17, 15) is 5.11 Å². The molecule has 0 bridgehead atoms. The maximum absolute atomic E-state index is 11.0. The average Bonchev–Trinajstić information content (AvgIpc) is 3.14. The van der Waals surface area contributed by atoms with Gasteiger partial charge in [-0.2, -0.15) is 0 Å². The number of nitrogens with zero attached hydrogens (tertiary/aromatic N) is 3. The fourth-order valence-corrected chi connectivity index (χ4v) is 4.08. The van der Waals surface area contributed by atoms with E-state index in [1.165, 1.54) is 0 Å². The number of hydrogen-bond donors (Lipinski definition) is 2. The third kappa shape index (κ3) is 3.15. The largest absolute Gasteiger partial charge is 0.497 e. The van der Waals surface area contributed by atoms with Crippen LogP contribution in [0.2, 0.25) is 0 Å². The molecule has 2 aromatic carbocycles. The van der Waals surface area contributed by atoms with Crippen molar-refractivity contribution in [2.45, 2.75) is 6.54 Å². The SMILES string of the molecule is COc1cccc(Cn2cc3nc4c(-c5cnccc5OC)cccc4c(N)c3c2O)c1. The predicted molar refractivity (Wildman–Crippen MR) is 125 cm³/mol. The summed E-state index contributed by atoms with van der Waals surface area (Å²) in [5.41, 5.74) is 11.0. The van der Waals surface area contributed by atoms with Crippen molar-refractivity contribution in [2.75, 3.05) is 20.0 Å². The van der Waals surface area contributed by atoms with Gasteiger partial charge in [-0.05, 0) is 23.8 Å². The van der Waals surface area contributed by atoms with Crippen molar-refractivity contribution in [3.63, 3.8) is 0 Å². The number of aromatic hydroxyl groups is 1. The van der Waals surface area contributed by atoms with Gasteiger partial charge >= 0.3 is 0 Å². The monoisotopic (exact) mass is 426 g/mol. The Morgan fingerprint density at radius 1 is 1.03 bits per heavy atom. The average molecular weight is 426 g/mol. The molecule has 0 aliphatic rings. The van der Waals surface area contributed by atoms with Crippen LogP contribution in [0.5, 0.6) is 17.4 Å². The smallest absolute Gasteiger partial charge is 0.203 e. The molecule has 0 radical (unpaired) electrons. The second-order valence-electron chi connectivity index (χ2n) is 7.50. The summed E-state index contributed by atoms with van der Waals surface area (Å²) in [4.78, 5) is 9.13. The van der Waals surface area contributed by atoms with E-state index in [2.05, 4.69) is 4.98 Å². The van der Waals surface area contributed by atoms with Gasteiger partial charge in [0, 0.05) is 35.1 Å². The summed E-state index contributed by atoms with van der Waals surface area (Å²) in [5.74, 6) is 1.54. The quantitative estimate of drug-likeness (QED) is 0.426. The molecule has 3 N–H and O–H groups in total. The number of pyridine rings is 2. The molecule has 0 saturated carbocycles. The first-order valence-electron chi connectivity index (χ1n) is 10.1. The lowest BCUT2D eigenvalue weighted by Gasteiger charge is -2.11. The number of nitrogens with two attached hydrogens (primary N) is 1. The Morgan fingerprint density at radius 2 is 1.88 bits per heavy atom. The van der Waals surface area contributed by atoms with Crippen molar-refractivity contribution in [1.29, 1.82) is 0 Å². The van der Waals surface area contributed by atoms with Gasteiger partial charge in [0.15, 0.2) is 0 Å². The highest BCUT2D eigenvalue weighted by atomic mass is 16.5. The molecular weight excluding hydrogens is 404 g/mol. The second-order valence-corrected chi connectivity index (χ2v) is 7.50. The van der Waals surface area contributed by atoms with Crippen molar-refractivity contribution in [2.24, 2.45) is 0 Å². The fraction of sp³-hybridized carbons (Fsp3) is 0.120. The summed E-state index contributed by atoms with van der Waals surface area (Å²) in [5, 5.41) is 12.3.